The van der Waals surface area contributed by atoms with Crippen LogP contribution in [0.15, 0.2) is 0 Å². The van der Waals surface area contributed by atoms with Crippen LogP contribution in [0.1, 0.15) is 33.6 Å². The van der Waals surface area contributed by atoms with Crippen LogP contribution >= 0.6 is 0 Å². The molecule has 0 aliphatic rings. The van der Waals surface area contributed by atoms with Gasteiger partial charge in [-0.25, -0.2) is 0 Å². The first-order chi connectivity index (χ1) is 8.81. The van der Waals surface area contributed by atoms with Gasteiger partial charge in [-0.05, 0) is 27.2 Å². The van der Waals surface area contributed by atoms with Crippen LogP contribution < -0.4 is 0 Å². The zero-order chi connectivity index (χ0) is 16.0. The molecule has 122 valence electrons. The third kappa shape index (κ3) is 12.8. The van der Waals surface area contributed by atoms with Crippen molar-refractivity contribution < 1.29 is 29.9 Å². The van der Waals surface area contributed by atoms with Gasteiger partial charge in [0.25, 0.3) is 20.2 Å². The third-order valence-corrected chi connectivity index (χ3v) is 3.65. The summed E-state index contributed by atoms with van der Waals surface area (Å²) in [4.78, 5) is 0. The lowest BCUT2D eigenvalue weighted by Gasteiger charge is -2.24. The highest BCUT2D eigenvalue weighted by Gasteiger charge is 2.24. The van der Waals surface area contributed by atoms with Gasteiger partial charge in [-0.3, -0.25) is 8.37 Å². The van der Waals surface area contributed by atoms with E-state index in [1.165, 1.54) is 0 Å². The summed E-state index contributed by atoms with van der Waals surface area (Å²) in [5.74, 6) is 0. The number of hydrogen-bond donors (Lipinski definition) is 0. The monoisotopic (exact) mass is 332 g/mol. The lowest BCUT2D eigenvalue weighted by molar-refractivity contribution is 0.0123. The van der Waals surface area contributed by atoms with Crippen LogP contribution in [-0.2, 0) is 33.3 Å². The minimum Gasteiger partial charge on any atom is -0.378 e. The van der Waals surface area contributed by atoms with E-state index < -0.39 is 25.8 Å². The summed E-state index contributed by atoms with van der Waals surface area (Å²) in [5.41, 5.74) is -0.837. The van der Waals surface area contributed by atoms with Crippen LogP contribution in [0.4, 0.5) is 0 Å². The summed E-state index contributed by atoms with van der Waals surface area (Å²) < 4.78 is 58.6. The van der Waals surface area contributed by atoms with E-state index in [0.29, 0.717) is 19.4 Å². The standard InChI is InChI=1S/C11H24O7S2/c1-10(6-8-17-19(4,12)13)16-9-7-11(2,3)18-20(5,14)15/h10H,6-9H2,1-5H3. The summed E-state index contributed by atoms with van der Waals surface area (Å²) in [7, 11) is -6.93. The van der Waals surface area contributed by atoms with Crippen molar-refractivity contribution in [3.8, 4) is 0 Å². The molecule has 0 aromatic heterocycles. The predicted octanol–water partition coefficient (Wildman–Crippen LogP) is 0.903. The molecule has 0 radical (unpaired) electrons. The largest absolute Gasteiger partial charge is 0.378 e. The lowest BCUT2D eigenvalue weighted by Crippen LogP contribution is -2.30. The molecule has 0 aliphatic heterocycles. The fourth-order valence-electron chi connectivity index (χ4n) is 1.41. The van der Waals surface area contributed by atoms with Crippen molar-refractivity contribution in [2.24, 2.45) is 0 Å². The minimum atomic E-state index is -3.51. The molecule has 0 N–H and O–H groups in total. The normalized spacial score (nSPS) is 15.2. The lowest BCUT2D eigenvalue weighted by atomic mass is 10.1. The second-order valence-corrected chi connectivity index (χ2v) is 8.51. The van der Waals surface area contributed by atoms with E-state index in [2.05, 4.69) is 4.18 Å². The quantitative estimate of drug-likeness (QED) is 0.548. The van der Waals surface area contributed by atoms with Gasteiger partial charge in [-0.2, -0.15) is 16.8 Å². The maximum atomic E-state index is 11.0. The number of rotatable bonds is 10. The summed E-state index contributed by atoms with van der Waals surface area (Å²) >= 11 is 0. The van der Waals surface area contributed by atoms with E-state index in [1.807, 2.05) is 0 Å². The Morgan fingerprint density at radius 1 is 1.00 bits per heavy atom. The maximum Gasteiger partial charge on any atom is 0.264 e. The summed E-state index contributed by atoms with van der Waals surface area (Å²) in [6.45, 7) is 5.48. The summed E-state index contributed by atoms with van der Waals surface area (Å²) in [6, 6.07) is 0. The van der Waals surface area contributed by atoms with Crippen molar-refractivity contribution in [1.82, 2.24) is 0 Å². The first-order valence-electron chi connectivity index (χ1n) is 6.17. The maximum absolute atomic E-state index is 11.0. The number of hydrogen-bond acceptors (Lipinski definition) is 7. The Morgan fingerprint density at radius 2 is 1.55 bits per heavy atom. The van der Waals surface area contributed by atoms with Gasteiger partial charge >= 0.3 is 0 Å². The van der Waals surface area contributed by atoms with Crippen molar-refractivity contribution in [3.05, 3.63) is 0 Å². The molecule has 0 bridgehead atoms. The molecule has 0 aliphatic carbocycles. The molecule has 7 nitrogen and oxygen atoms in total. The topological polar surface area (TPSA) is 96.0 Å². The van der Waals surface area contributed by atoms with Gasteiger partial charge < -0.3 is 4.74 Å². The molecule has 0 rings (SSSR count). The van der Waals surface area contributed by atoms with Crippen LogP contribution in [0.2, 0.25) is 0 Å². The van der Waals surface area contributed by atoms with Crippen LogP contribution in [0, 0.1) is 0 Å². The molecule has 0 amide bonds. The van der Waals surface area contributed by atoms with Crippen LogP contribution in [0.25, 0.3) is 0 Å². The van der Waals surface area contributed by atoms with E-state index in [9.17, 15) is 16.8 Å². The molecule has 0 saturated carbocycles. The van der Waals surface area contributed by atoms with Crippen LogP contribution in [0.3, 0.4) is 0 Å². The van der Waals surface area contributed by atoms with Gasteiger partial charge in [0.15, 0.2) is 0 Å². The first kappa shape index (κ1) is 19.8. The SMILES string of the molecule is CC(CCOS(C)(=O)=O)OCCC(C)(C)OS(C)(=O)=O. The van der Waals surface area contributed by atoms with Gasteiger partial charge in [0.2, 0.25) is 0 Å². The molecule has 0 fully saturated rings. The molecule has 0 spiro atoms. The van der Waals surface area contributed by atoms with E-state index in [-0.39, 0.29) is 12.7 Å². The van der Waals surface area contributed by atoms with Gasteiger partial charge in [0.05, 0.1) is 30.8 Å². The third-order valence-electron chi connectivity index (χ3n) is 2.31. The number of ether oxygens (including phenoxy) is 1. The fraction of sp³-hybridized carbons (Fsp3) is 1.00. The van der Waals surface area contributed by atoms with Gasteiger partial charge in [-0.15, -0.1) is 0 Å². The van der Waals surface area contributed by atoms with Crippen molar-refractivity contribution >= 4 is 20.2 Å². The highest BCUT2D eigenvalue weighted by atomic mass is 32.2. The zero-order valence-electron chi connectivity index (χ0n) is 12.6. The van der Waals surface area contributed by atoms with Gasteiger partial charge in [0, 0.05) is 13.0 Å². The second-order valence-electron chi connectivity index (χ2n) is 5.29. The van der Waals surface area contributed by atoms with Gasteiger partial charge in [-0.1, -0.05) is 0 Å². The zero-order valence-corrected chi connectivity index (χ0v) is 14.2. The van der Waals surface area contributed by atoms with Crippen molar-refractivity contribution in [3.63, 3.8) is 0 Å². The molecule has 1 unspecified atom stereocenters. The molecule has 0 saturated heterocycles. The van der Waals surface area contributed by atoms with E-state index in [4.69, 9.17) is 8.92 Å². The smallest absolute Gasteiger partial charge is 0.264 e. The highest BCUT2D eigenvalue weighted by Crippen LogP contribution is 2.17. The molecular weight excluding hydrogens is 308 g/mol. The van der Waals surface area contributed by atoms with E-state index in [0.717, 1.165) is 12.5 Å². The van der Waals surface area contributed by atoms with Gasteiger partial charge in [0.1, 0.15) is 0 Å². The van der Waals surface area contributed by atoms with Crippen molar-refractivity contribution in [1.29, 1.82) is 0 Å². The Kier molecular flexibility index (Phi) is 7.61. The molecule has 0 heterocycles. The predicted molar refractivity (Wildman–Crippen MR) is 75.5 cm³/mol. The fourth-order valence-corrected chi connectivity index (χ4v) is 2.71. The molecule has 9 heteroatoms. The molecule has 0 aromatic carbocycles. The van der Waals surface area contributed by atoms with Crippen molar-refractivity contribution in [2.45, 2.75) is 45.3 Å². The average Bonchev–Trinajstić information content (AvgIpc) is 2.10. The first-order valence-corrected chi connectivity index (χ1v) is 9.81. The van der Waals surface area contributed by atoms with Crippen LogP contribution in [0.5, 0.6) is 0 Å². The van der Waals surface area contributed by atoms with Crippen molar-refractivity contribution in [2.75, 3.05) is 25.7 Å². The summed E-state index contributed by atoms with van der Waals surface area (Å²) in [6.07, 6.45) is 2.63. The Labute approximate surface area is 121 Å². The Morgan fingerprint density at radius 3 is 2.00 bits per heavy atom. The Bertz CT molecular complexity index is 479. The van der Waals surface area contributed by atoms with Crippen LogP contribution in [-0.4, -0.2) is 54.3 Å². The average molecular weight is 332 g/mol. The summed E-state index contributed by atoms with van der Waals surface area (Å²) in [5, 5.41) is 0. The molecular formula is C11H24O7S2. The molecule has 0 aromatic rings. The van der Waals surface area contributed by atoms with E-state index >= 15 is 0 Å². The van der Waals surface area contributed by atoms with E-state index in [1.54, 1.807) is 20.8 Å². The second kappa shape index (κ2) is 7.69. The molecule has 20 heavy (non-hydrogen) atoms. The minimum absolute atomic E-state index is 0.0588. The Hall–Kier alpha value is -0.220. The highest BCUT2D eigenvalue weighted by molar-refractivity contribution is 7.86. The molecule has 1 atom stereocenters. The Balaban J connectivity index is 3.94.